The standard InChI is InChI=1S/C62H120O6/c1-56(2)48-42-36-30-24-20-16-12-9-7-8-10-14-18-22-26-33-39-45-51-60(63)66-54-59(55-67-61(64)52-46-40-34-29-28-32-38-44-50-58(5)6)68-62(65)53-47-41-35-27-23-19-15-11-13-17-21-25-31-37-43-49-57(3)4/h56-59H,7-55H2,1-6H3/t59-/m1/s1. The maximum Gasteiger partial charge on any atom is 0.306 e. The molecule has 6 heteroatoms. The smallest absolute Gasteiger partial charge is 0.306 e. The minimum atomic E-state index is -0.764. The summed E-state index contributed by atoms with van der Waals surface area (Å²) in [7, 11) is 0. The molecule has 0 amide bonds. The zero-order valence-corrected chi connectivity index (χ0v) is 46.9. The van der Waals surface area contributed by atoms with Gasteiger partial charge in [-0.1, -0.05) is 305 Å². The summed E-state index contributed by atoms with van der Waals surface area (Å²) in [5.41, 5.74) is 0. The second-order valence-corrected chi connectivity index (χ2v) is 22.8. The fourth-order valence-corrected chi connectivity index (χ4v) is 9.53. The van der Waals surface area contributed by atoms with Crippen molar-refractivity contribution in [3.05, 3.63) is 0 Å². The van der Waals surface area contributed by atoms with Crippen molar-refractivity contribution in [2.24, 2.45) is 17.8 Å². The first-order chi connectivity index (χ1) is 33.1. The minimum absolute atomic E-state index is 0.0634. The van der Waals surface area contributed by atoms with E-state index < -0.39 is 6.10 Å². The molecule has 0 aromatic rings. The average Bonchev–Trinajstić information content (AvgIpc) is 3.30. The van der Waals surface area contributed by atoms with Crippen LogP contribution in [0, 0.1) is 17.8 Å². The zero-order valence-electron chi connectivity index (χ0n) is 46.9. The van der Waals surface area contributed by atoms with E-state index in [9.17, 15) is 14.4 Å². The van der Waals surface area contributed by atoms with Gasteiger partial charge in [0, 0.05) is 19.3 Å². The van der Waals surface area contributed by atoms with Gasteiger partial charge in [-0.3, -0.25) is 14.4 Å². The van der Waals surface area contributed by atoms with E-state index in [0.717, 1.165) is 75.5 Å². The molecule has 0 aliphatic carbocycles. The van der Waals surface area contributed by atoms with Gasteiger partial charge >= 0.3 is 17.9 Å². The molecule has 1 atom stereocenters. The lowest BCUT2D eigenvalue weighted by Gasteiger charge is -2.18. The van der Waals surface area contributed by atoms with Crippen LogP contribution in [0.15, 0.2) is 0 Å². The lowest BCUT2D eigenvalue weighted by atomic mass is 10.0. The number of ether oxygens (including phenoxy) is 3. The van der Waals surface area contributed by atoms with Crippen molar-refractivity contribution < 1.29 is 28.6 Å². The first-order valence-electron chi connectivity index (χ1n) is 30.6. The van der Waals surface area contributed by atoms with Gasteiger partial charge in [0.2, 0.25) is 0 Å². The van der Waals surface area contributed by atoms with Gasteiger partial charge in [0.25, 0.3) is 0 Å². The third-order valence-corrected chi connectivity index (χ3v) is 14.1. The number of hydrogen-bond donors (Lipinski definition) is 0. The summed E-state index contributed by atoms with van der Waals surface area (Å²) in [5, 5.41) is 0. The highest BCUT2D eigenvalue weighted by Gasteiger charge is 2.19. The van der Waals surface area contributed by atoms with Gasteiger partial charge in [-0.2, -0.15) is 0 Å². The third-order valence-electron chi connectivity index (χ3n) is 14.1. The summed E-state index contributed by atoms with van der Waals surface area (Å²) in [5.74, 6) is 1.66. The van der Waals surface area contributed by atoms with Gasteiger partial charge < -0.3 is 14.2 Å². The van der Waals surface area contributed by atoms with Crippen LogP contribution in [0.4, 0.5) is 0 Å². The molecule has 404 valence electrons. The van der Waals surface area contributed by atoms with Gasteiger partial charge in [-0.25, -0.2) is 0 Å². The van der Waals surface area contributed by atoms with Crippen LogP contribution in [-0.2, 0) is 28.6 Å². The Bertz CT molecular complexity index is 1050. The fraction of sp³-hybridized carbons (Fsp3) is 0.952. The van der Waals surface area contributed by atoms with E-state index in [0.29, 0.717) is 19.3 Å². The Labute approximate surface area is 425 Å². The average molecular weight is 962 g/mol. The summed E-state index contributed by atoms with van der Waals surface area (Å²) in [4.78, 5) is 38.2. The van der Waals surface area contributed by atoms with E-state index in [2.05, 4.69) is 41.5 Å². The van der Waals surface area contributed by atoms with Crippen molar-refractivity contribution in [2.75, 3.05) is 13.2 Å². The Hall–Kier alpha value is -1.59. The second-order valence-electron chi connectivity index (χ2n) is 22.8. The third kappa shape index (κ3) is 55.3. The SMILES string of the molecule is CC(C)CCCCCCCCCCCCCCCCCCCCC(=O)OC[C@H](COC(=O)CCCCCCCCCCC(C)C)OC(=O)CCCCCCCCCCCCCCCCCC(C)C. The highest BCUT2D eigenvalue weighted by Crippen LogP contribution is 2.19. The number of esters is 3. The molecule has 68 heavy (non-hydrogen) atoms. The largest absolute Gasteiger partial charge is 0.462 e. The molecule has 0 bridgehead atoms. The summed E-state index contributed by atoms with van der Waals surface area (Å²) in [6.07, 6.45) is 56.8. The molecule has 0 saturated carbocycles. The first kappa shape index (κ1) is 66.4. The van der Waals surface area contributed by atoms with Crippen molar-refractivity contribution in [3.8, 4) is 0 Å². The minimum Gasteiger partial charge on any atom is -0.462 e. The van der Waals surface area contributed by atoms with Crippen molar-refractivity contribution in [2.45, 2.75) is 349 Å². The number of carbonyl (C=O) groups is 3. The Morgan fingerprint density at radius 1 is 0.250 bits per heavy atom. The van der Waals surface area contributed by atoms with Crippen LogP contribution in [0.25, 0.3) is 0 Å². The molecule has 0 aliphatic heterocycles. The molecule has 0 heterocycles. The number of unbranched alkanes of at least 4 members (excludes halogenated alkanes) is 38. The van der Waals surface area contributed by atoms with Crippen molar-refractivity contribution in [1.82, 2.24) is 0 Å². The Morgan fingerprint density at radius 3 is 0.632 bits per heavy atom. The van der Waals surface area contributed by atoms with Crippen LogP contribution in [0.2, 0.25) is 0 Å². The van der Waals surface area contributed by atoms with Gasteiger partial charge in [0.1, 0.15) is 13.2 Å². The topological polar surface area (TPSA) is 78.9 Å². The summed E-state index contributed by atoms with van der Waals surface area (Å²) in [6, 6.07) is 0. The molecule has 6 nitrogen and oxygen atoms in total. The molecule has 0 unspecified atom stereocenters. The first-order valence-corrected chi connectivity index (χ1v) is 30.6. The van der Waals surface area contributed by atoms with Crippen LogP contribution >= 0.6 is 0 Å². The maximum absolute atomic E-state index is 12.9. The molecule has 0 saturated heterocycles. The highest BCUT2D eigenvalue weighted by molar-refractivity contribution is 5.71. The second kappa shape index (κ2) is 53.2. The van der Waals surface area contributed by atoms with Gasteiger partial charge in [0.15, 0.2) is 6.10 Å². The molecule has 0 fully saturated rings. The molecule has 0 N–H and O–H groups in total. The van der Waals surface area contributed by atoms with Crippen LogP contribution in [0.5, 0.6) is 0 Å². The molecule has 0 aromatic carbocycles. The lowest BCUT2D eigenvalue weighted by molar-refractivity contribution is -0.167. The molecule has 0 aliphatic rings. The molecule has 0 aromatic heterocycles. The summed E-state index contributed by atoms with van der Waals surface area (Å²) in [6.45, 7) is 13.8. The van der Waals surface area contributed by atoms with Crippen LogP contribution in [0.1, 0.15) is 343 Å². The molecule has 0 radical (unpaired) electrons. The van der Waals surface area contributed by atoms with Crippen LogP contribution < -0.4 is 0 Å². The quantitative estimate of drug-likeness (QED) is 0.0343. The van der Waals surface area contributed by atoms with E-state index >= 15 is 0 Å². The highest BCUT2D eigenvalue weighted by atomic mass is 16.6. The van der Waals surface area contributed by atoms with E-state index in [1.165, 1.54) is 225 Å². The monoisotopic (exact) mass is 961 g/mol. The number of carbonyl (C=O) groups excluding carboxylic acids is 3. The van der Waals surface area contributed by atoms with E-state index in [1.54, 1.807) is 0 Å². The zero-order chi connectivity index (χ0) is 49.8. The molecule has 0 spiro atoms. The van der Waals surface area contributed by atoms with Gasteiger partial charge in [0.05, 0.1) is 0 Å². The molecular weight excluding hydrogens is 841 g/mol. The lowest BCUT2D eigenvalue weighted by Crippen LogP contribution is -2.30. The van der Waals surface area contributed by atoms with Crippen LogP contribution in [0.3, 0.4) is 0 Å². The summed E-state index contributed by atoms with van der Waals surface area (Å²) >= 11 is 0. The Morgan fingerprint density at radius 2 is 0.426 bits per heavy atom. The normalized spacial score (nSPS) is 12.1. The number of hydrogen-bond acceptors (Lipinski definition) is 6. The van der Waals surface area contributed by atoms with Gasteiger partial charge in [-0.15, -0.1) is 0 Å². The van der Waals surface area contributed by atoms with E-state index in [1.807, 2.05) is 0 Å². The van der Waals surface area contributed by atoms with E-state index in [-0.39, 0.29) is 31.1 Å². The molecular formula is C62H120O6. The Kier molecular flexibility index (Phi) is 52.0. The van der Waals surface area contributed by atoms with Gasteiger partial charge in [-0.05, 0) is 37.0 Å². The fourth-order valence-electron chi connectivity index (χ4n) is 9.53. The Balaban J connectivity index is 4.23. The number of rotatable bonds is 55. The summed E-state index contributed by atoms with van der Waals surface area (Å²) < 4.78 is 16.9. The molecule has 0 rings (SSSR count). The van der Waals surface area contributed by atoms with Crippen molar-refractivity contribution in [1.29, 1.82) is 0 Å². The van der Waals surface area contributed by atoms with Crippen molar-refractivity contribution in [3.63, 3.8) is 0 Å². The maximum atomic E-state index is 12.9. The van der Waals surface area contributed by atoms with Crippen molar-refractivity contribution >= 4 is 17.9 Å². The van der Waals surface area contributed by atoms with Crippen LogP contribution in [-0.4, -0.2) is 37.2 Å². The predicted molar refractivity (Wildman–Crippen MR) is 293 cm³/mol. The van der Waals surface area contributed by atoms with E-state index in [4.69, 9.17) is 14.2 Å². The predicted octanol–water partition coefficient (Wildman–Crippen LogP) is 20.3.